The quantitative estimate of drug-likeness (QED) is 0.717. The first-order valence-corrected chi connectivity index (χ1v) is 7.36. The third-order valence-corrected chi connectivity index (χ3v) is 4.60. The van der Waals surface area contributed by atoms with E-state index in [2.05, 4.69) is 17.3 Å². The third kappa shape index (κ3) is 3.94. The Morgan fingerprint density at radius 2 is 2.06 bits per heavy atom. The van der Waals surface area contributed by atoms with E-state index in [1.165, 1.54) is 45.1 Å². The number of aliphatic hydroxyl groups is 1. The second kappa shape index (κ2) is 6.72. The second-order valence-electron chi connectivity index (χ2n) is 5.88. The number of likely N-dealkylation sites (tertiary alicyclic amines) is 1. The van der Waals surface area contributed by atoms with Crippen LogP contribution < -0.4 is 5.32 Å². The van der Waals surface area contributed by atoms with Gasteiger partial charge in [0.25, 0.3) is 0 Å². The van der Waals surface area contributed by atoms with E-state index in [0.717, 1.165) is 25.6 Å². The zero-order valence-corrected chi connectivity index (χ0v) is 11.2. The van der Waals surface area contributed by atoms with Gasteiger partial charge in [0.15, 0.2) is 0 Å². The summed E-state index contributed by atoms with van der Waals surface area (Å²) in [7, 11) is 2.25. The van der Waals surface area contributed by atoms with E-state index in [0.29, 0.717) is 5.92 Å². The molecule has 0 aromatic heterocycles. The number of hydrogen-bond donors (Lipinski definition) is 2. The van der Waals surface area contributed by atoms with Crippen molar-refractivity contribution in [2.24, 2.45) is 5.92 Å². The zero-order chi connectivity index (χ0) is 12.1. The van der Waals surface area contributed by atoms with Crippen LogP contribution in [0.4, 0.5) is 0 Å². The molecule has 1 heterocycles. The zero-order valence-electron chi connectivity index (χ0n) is 11.2. The summed E-state index contributed by atoms with van der Waals surface area (Å²) in [6.07, 6.45) is 8.78. The Hall–Kier alpha value is -0.120. The van der Waals surface area contributed by atoms with Crippen LogP contribution in [0.5, 0.6) is 0 Å². The van der Waals surface area contributed by atoms with Crippen molar-refractivity contribution in [3.05, 3.63) is 0 Å². The molecule has 0 radical (unpaired) electrons. The van der Waals surface area contributed by atoms with Gasteiger partial charge in [-0.2, -0.15) is 0 Å². The number of nitrogens with zero attached hydrogens (tertiary/aromatic N) is 1. The summed E-state index contributed by atoms with van der Waals surface area (Å²) in [6.45, 7) is 3.39. The van der Waals surface area contributed by atoms with Gasteiger partial charge < -0.3 is 15.3 Å². The van der Waals surface area contributed by atoms with Crippen LogP contribution in [0.1, 0.15) is 44.9 Å². The van der Waals surface area contributed by atoms with Crippen LogP contribution in [0.15, 0.2) is 0 Å². The van der Waals surface area contributed by atoms with E-state index in [1.54, 1.807) is 0 Å². The van der Waals surface area contributed by atoms with Crippen LogP contribution in [0.3, 0.4) is 0 Å². The van der Waals surface area contributed by atoms with Crippen molar-refractivity contribution in [2.75, 3.05) is 26.7 Å². The lowest BCUT2D eigenvalue weighted by Gasteiger charge is -2.32. The van der Waals surface area contributed by atoms with Crippen molar-refractivity contribution in [1.29, 1.82) is 0 Å². The van der Waals surface area contributed by atoms with Crippen molar-refractivity contribution in [2.45, 2.75) is 57.1 Å². The standard InChI is InChI=1S/C14H28N2O/c1-16-10-3-2-6-13(16)8-9-15-11-12-5-4-7-14(12)17/h12-15,17H,2-11H2,1H3. The smallest absolute Gasteiger partial charge is 0.0580 e. The average Bonchev–Trinajstić information content (AvgIpc) is 2.73. The minimum absolute atomic E-state index is 0.0418. The van der Waals surface area contributed by atoms with Gasteiger partial charge in [0.2, 0.25) is 0 Å². The maximum absolute atomic E-state index is 9.73. The van der Waals surface area contributed by atoms with Gasteiger partial charge in [0.05, 0.1) is 6.10 Å². The Morgan fingerprint density at radius 3 is 2.76 bits per heavy atom. The maximum Gasteiger partial charge on any atom is 0.0580 e. The van der Waals surface area contributed by atoms with Crippen molar-refractivity contribution >= 4 is 0 Å². The van der Waals surface area contributed by atoms with Gasteiger partial charge in [0.1, 0.15) is 0 Å². The summed E-state index contributed by atoms with van der Waals surface area (Å²) in [6, 6.07) is 0.782. The van der Waals surface area contributed by atoms with Crippen molar-refractivity contribution in [3.8, 4) is 0 Å². The van der Waals surface area contributed by atoms with Gasteiger partial charge in [-0.15, -0.1) is 0 Å². The molecule has 3 unspecified atom stereocenters. The first-order valence-electron chi connectivity index (χ1n) is 7.36. The predicted octanol–water partition coefficient (Wildman–Crippen LogP) is 1.61. The van der Waals surface area contributed by atoms with Crippen molar-refractivity contribution in [3.63, 3.8) is 0 Å². The number of nitrogens with one attached hydrogen (secondary N) is 1. The fraction of sp³-hybridized carbons (Fsp3) is 1.00. The molecule has 0 bridgehead atoms. The van der Waals surface area contributed by atoms with Crippen LogP contribution in [-0.4, -0.2) is 48.8 Å². The van der Waals surface area contributed by atoms with E-state index in [9.17, 15) is 5.11 Å². The summed E-state index contributed by atoms with van der Waals surface area (Å²) in [5, 5.41) is 13.3. The van der Waals surface area contributed by atoms with Crippen LogP contribution in [-0.2, 0) is 0 Å². The lowest BCUT2D eigenvalue weighted by atomic mass is 10.00. The number of hydrogen-bond acceptors (Lipinski definition) is 3. The first-order chi connectivity index (χ1) is 8.27. The lowest BCUT2D eigenvalue weighted by molar-refractivity contribution is 0.130. The Morgan fingerprint density at radius 1 is 1.18 bits per heavy atom. The molecule has 2 aliphatic rings. The molecule has 1 saturated heterocycles. The van der Waals surface area contributed by atoms with Gasteiger partial charge in [-0.1, -0.05) is 12.8 Å². The molecule has 0 aromatic carbocycles. The van der Waals surface area contributed by atoms with E-state index in [1.807, 2.05) is 0 Å². The largest absolute Gasteiger partial charge is 0.393 e. The molecule has 1 saturated carbocycles. The monoisotopic (exact) mass is 240 g/mol. The van der Waals surface area contributed by atoms with Gasteiger partial charge in [-0.05, 0) is 58.2 Å². The molecule has 3 heteroatoms. The van der Waals surface area contributed by atoms with E-state index >= 15 is 0 Å². The molecule has 0 aromatic rings. The molecule has 0 amide bonds. The van der Waals surface area contributed by atoms with Crippen LogP contribution >= 0.6 is 0 Å². The van der Waals surface area contributed by atoms with Crippen molar-refractivity contribution in [1.82, 2.24) is 10.2 Å². The van der Waals surface area contributed by atoms with E-state index in [4.69, 9.17) is 0 Å². The number of piperidine rings is 1. The normalized spacial score (nSPS) is 35.3. The molecule has 0 spiro atoms. The van der Waals surface area contributed by atoms with Gasteiger partial charge in [0, 0.05) is 12.6 Å². The Balaban J connectivity index is 1.56. The highest BCUT2D eigenvalue weighted by Gasteiger charge is 2.24. The lowest BCUT2D eigenvalue weighted by Crippen LogP contribution is -2.39. The summed E-state index contributed by atoms with van der Waals surface area (Å²) < 4.78 is 0. The molecule has 3 nitrogen and oxygen atoms in total. The molecular formula is C14H28N2O. The SMILES string of the molecule is CN1CCCCC1CCNCC1CCCC1O. The molecular weight excluding hydrogens is 212 g/mol. The Bertz CT molecular complexity index is 222. The highest BCUT2D eigenvalue weighted by Crippen LogP contribution is 2.24. The summed E-state index contributed by atoms with van der Waals surface area (Å²) in [5.41, 5.74) is 0. The molecule has 1 aliphatic heterocycles. The summed E-state index contributed by atoms with van der Waals surface area (Å²) in [4.78, 5) is 2.51. The van der Waals surface area contributed by atoms with Gasteiger partial charge in [-0.3, -0.25) is 0 Å². The number of rotatable bonds is 5. The fourth-order valence-corrected chi connectivity index (χ4v) is 3.32. The molecule has 2 rings (SSSR count). The van der Waals surface area contributed by atoms with Crippen LogP contribution in [0.2, 0.25) is 0 Å². The molecule has 100 valence electrons. The second-order valence-corrected chi connectivity index (χ2v) is 5.88. The third-order valence-electron chi connectivity index (χ3n) is 4.60. The molecule has 3 atom stereocenters. The van der Waals surface area contributed by atoms with E-state index in [-0.39, 0.29) is 6.10 Å². The molecule has 2 fully saturated rings. The minimum Gasteiger partial charge on any atom is -0.393 e. The predicted molar refractivity (Wildman–Crippen MR) is 71.1 cm³/mol. The average molecular weight is 240 g/mol. The minimum atomic E-state index is -0.0418. The first kappa shape index (κ1) is 13.3. The Kier molecular flexibility index (Phi) is 5.26. The number of aliphatic hydroxyl groups excluding tert-OH is 1. The Labute approximate surface area is 106 Å². The topological polar surface area (TPSA) is 35.5 Å². The maximum atomic E-state index is 9.73. The summed E-state index contributed by atoms with van der Waals surface area (Å²) >= 11 is 0. The van der Waals surface area contributed by atoms with Crippen LogP contribution in [0.25, 0.3) is 0 Å². The fourth-order valence-electron chi connectivity index (χ4n) is 3.32. The molecule has 17 heavy (non-hydrogen) atoms. The molecule has 2 N–H and O–H groups in total. The van der Waals surface area contributed by atoms with Crippen molar-refractivity contribution < 1.29 is 5.11 Å². The van der Waals surface area contributed by atoms with Crippen LogP contribution in [0, 0.1) is 5.92 Å². The van der Waals surface area contributed by atoms with Gasteiger partial charge in [-0.25, -0.2) is 0 Å². The van der Waals surface area contributed by atoms with Gasteiger partial charge >= 0.3 is 0 Å². The highest BCUT2D eigenvalue weighted by molar-refractivity contribution is 4.79. The summed E-state index contributed by atoms with van der Waals surface area (Å²) in [5.74, 6) is 0.513. The highest BCUT2D eigenvalue weighted by atomic mass is 16.3. The van der Waals surface area contributed by atoms with E-state index < -0.39 is 0 Å². The molecule has 1 aliphatic carbocycles.